The summed E-state index contributed by atoms with van der Waals surface area (Å²) in [5.41, 5.74) is 3.37. The zero-order valence-corrected chi connectivity index (χ0v) is 13.1. The van der Waals surface area contributed by atoms with Gasteiger partial charge in [0.1, 0.15) is 11.9 Å². The lowest BCUT2D eigenvalue weighted by Crippen LogP contribution is -2.04. The topological polar surface area (TPSA) is 29.5 Å². The van der Waals surface area contributed by atoms with E-state index in [-0.39, 0.29) is 0 Å². The minimum absolute atomic E-state index is 0.456. The Morgan fingerprint density at radius 3 is 2.30 bits per heavy atom. The van der Waals surface area contributed by atoms with Gasteiger partial charge >= 0.3 is 0 Å². The number of hydrogen-bond acceptors (Lipinski definition) is 2. The Bertz CT molecular complexity index is 639. The fraction of sp³-hybridized carbons (Fsp3) is 0.250. The van der Waals surface area contributed by atoms with Crippen molar-refractivity contribution in [2.24, 2.45) is 0 Å². The lowest BCUT2D eigenvalue weighted by molar-refractivity contribution is 0.219. The van der Waals surface area contributed by atoms with Crippen molar-refractivity contribution < 1.29 is 9.84 Å². The number of aliphatic hydroxyl groups excluding tert-OH is 1. The summed E-state index contributed by atoms with van der Waals surface area (Å²) in [6.07, 6.45) is -0.788. The normalized spacial score (nSPS) is 12.3. The van der Waals surface area contributed by atoms with Crippen LogP contribution in [0.5, 0.6) is 5.75 Å². The van der Waals surface area contributed by atoms with Gasteiger partial charge in [-0.2, -0.15) is 0 Å². The number of ether oxygens (including phenoxy) is 1. The van der Waals surface area contributed by atoms with Gasteiger partial charge in [0.2, 0.25) is 0 Å². The monoisotopic (exact) mass is 310 g/mol. The van der Waals surface area contributed by atoms with Crippen LogP contribution in [0, 0.1) is 13.8 Å². The Morgan fingerprint density at radius 1 is 1.00 bits per heavy atom. The second kappa shape index (κ2) is 6.04. The Morgan fingerprint density at radius 2 is 1.70 bits per heavy atom. The molecular weight excluding hydrogens is 295 g/mol. The molecule has 2 aromatic rings. The molecule has 2 rings (SSSR count). The van der Waals surface area contributed by atoms with Gasteiger partial charge < -0.3 is 9.84 Å². The first-order valence-electron chi connectivity index (χ1n) is 6.22. The highest BCUT2D eigenvalue weighted by Gasteiger charge is 2.17. The fourth-order valence-corrected chi connectivity index (χ4v) is 2.73. The van der Waals surface area contributed by atoms with Crippen LogP contribution in [0.4, 0.5) is 0 Å². The average molecular weight is 311 g/mol. The van der Waals surface area contributed by atoms with Gasteiger partial charge in [-0.15, -0.1) is 0 Å². The minimum Gasteiger partial charge on any atom is -0.496 e. The number of aliphatic hydroxyl groups is 1. The smallest absolute Gasteiger partial charge is 0.122 e. The molecule has 0 saturated heterocycles. The molecule has 106 valence electrons. The van der Waals surface area contributed by atoms with E-state index >= 15 is 0 Å². The molecule has 0 spiro atoms. The minimum atomic E-state index is -0.788. The largest absolute Gasteiger partial charge is 0.496 e. The molecule has 0 amide bonds. The molecule has 0 heterocycles. The molecule has 1 N–H and O–H groups in total. The summed E-state index contributed by atoms with van der Waals surface area (Å²) in [6, 6.07) is 8.93. The summed E-state index contributed by atoms with van der Waals surface area (Å²) in [7, 11) is 1.63. The second-order valence-corrected chi connectivity index (χ2v) is 5.59. The SMILES string of the molecule is COc1cc(C)c(C(O)c2ccc(Cl)cc2Cl)cc1C. The number of hydrogen-bond donors (Lipinski definition) is 1. The van der Waals surface area contributed by atoms with Crippen molar-refractivity contribution >= 4 is 23.2 Å². The summed E-state index contributed by atoms with van der Waals surface area (Å²) in [4.78, 5) is 0. The third-order valence-corrected chi connectivity index (χ3v) is 3.90. The lowest BCUT2D eigenvalue weighted by atomic mass is 9.95. The summed E-state index contributed by atoms with van der Waals surface area (Å²) in [5, 5.41) is 11.6. The highest BCUT2D eigenvalue weighted by atomic mass is 35.5. The fourth-order valence-electron chi connectivity index (χ4n) is 2.22. The molecule has 0 saturated carbocycles. The zero-order chi connectivity index (χ0) is 14.9. The predicted molar refractivity (Wildman–Crippen MR) is 83.0 cm³/mol. The number of benzene rings is 2. The van der Waals surface area contributed by atoms with Crippen LogP contribution in [-0.2, 0) is 0 Å². The van der Waals surface area contributed by atoms with Gasteiger partial charge in [0.25, 0.3) is 0 Å². The standard InChI is InChI=1S/C16H16Cl2O2/c1-9-7-15(20-3)10(2)6-13(9)16(19)12-5-4-11(17)8-14(12)18/h4-8,16,19H,1-3H3. The zero-order valence-electron chi connectivity index (χ0n) is 11.6. The van der Waals surface area contributed by atoms with Gasteiger partial charge in [0.15, 0.2) is 0 Å². The Labute approximate surface area is 128 Å². The van der Waals surface area contributed by atoms with Gasteiger partial charge in [0, 0.05) is 15.6 Å². The van der Waals surface area contributed by atoms with Crippen LogP contribution in [0.1, 0.15) is 28.4 Å². The van der Waals surface area contributed by atoms with E-state index in [1.807, 2.05) is 26.0 Å². The number of methoxy groups -OCH3 is 1. The van der Waals surface area contributed by atoms with Crippen molar-refractivity contribution in [1.82, 2.24) is 0 Å². The molecule has 0 radical (unpaired) electrons. The van der Waals surface area contributed by atoms with Crippen molar-refractivity contribution in [3.63, 3.8) is 0 Å². The molecule has 4 heteroatoms. The van der Waals surface area contributed by atoms with Gasteiger partial charge in [-0.3, -0.25) is 0 Å². The van der Waals surface area contributed by atoms with Crippen LogP contribution in [0.15, 0.2) is 30.3 Å². The molecular formula is C16H16Cl2O2. The van der Waals surface area contributed by atoms with Crippen LogP contribution in [0.3, 0.4) is 0 Å². The highest BCUT2D eigenvalue weighted by molar-refractivity contribution is 6.35. The molecule has 1 unspecified atom stereocenters. The first kappa shape index (κ1) is 15.2. The summed E-state index contributed by atoms with van der Waals surface area (Å²) < 4.78 is 5.28. The Kier molecular flexibility index (Phi) is 4.59. The third-order valence-electron chi connectivity index (χ3n) is 3.34. The summed E-state index contributed by atoms with van der Waals surface area (Å²) >= 11 is 12.0. The Hall–Kier alpha value is -1.22. The van der Waals surface area contributed by atoms with E-state index in [4.69, 9.17) is 27.9 Å². The lowest BCUT2D eigenvalue weighted by Gasteiger charge is -2.18. The van der Waals surface area contributed by atoms with Crippen molar-refractivity contribution in [2.45, 2.75) is 20.0 Å². The summed E-state index contributed by atoms with van der Waals surface area (Å²) in [6.45, 7) is 3.88. The molecule has 0 aliphatic carbocycles. The van der Waals surface area contributed by atoms with Gasteiger partial charge in [0.05, 0.1) is 7.11 Å². The maximum atomic E-state index is 10.6. The summed E-state index contributed by atoms with van der Waals surface area (Å²) in [5.74, 6) is 0.806. The van der Waals surface area contributed by atoms with E-state index in [0.29, 0.717) is 15.6 Å². The van der Waals surface area contributed by atoms with Gasteiger partial charge in [-0.1, -0.05) is 29.3 Å². The molecule has 2 aromatic carbocycles. The molecule has 0 fully saturated rings. The highest BCUT2D eigenvalue weighted by Crippen LogP contribution is 2.34. The van der Waals surface area contributed by atoms with Crippen LogP contribution >= 0.6 is 23.2 Å². The van der Waals surface area contributed by atoms with E-state index in [2.05, 4.69) is 0 Å². The molecule has 1 atom stereocenters. The van der Waals surface area contributed by atoms with E-state index in [1.165, 1.54) is 0 Å². The quantitative estimate of drug-likeness (QED) is 0.890. The van der Waals surface area contributed by atoms with Crippen molar-refractivity contribution in [1.29, 1.82) is 0 Å². The van der Waals surface area contributed by atoms with Crippen LogP contribution in [-0.4, -0.2) is 12.2 Å². The third kappa shape index (κ3) is 2.93. The van der Waals surface area contributed by atoms with Gasteiger partial charge in [-0.05, 0) is 54.8 Å². The molecule has 0 aliphatic heterocycles. The van der Waals surface area contributed by atoms with Crippen LogP contribution < -0.4 is 4.74 Å². The van der Waals surface area contributed by atoms with E-state index in [0.717, 1.165) is 22.4 Å². The molecule has 20 heavy (non-hydrogen) atoms. The van der Waals surface area contributed by atoms with Crippen molar-refractivity contribution in [3.8, 4) is 5.75 Å². The maximum Gasteiger partial charge on any atom is 0.122 e. The van der Waals surface area contributed by atoms with E-state index < -0.39 is 6.10 Å². The molecule has 0 aromatic heterocycles. The molecule has 0 bridgehead atoms. The van der Waals surface area contributed by atoms with E-state index in [1.54, 1.807) is 25.3 Å². The first-order valence-corrected chi connectivity index (χ1v) is 6.97. The predicted octanol–water partition coefficient (Wildman–Crippen LogP) is 4.70. The van der Waals surface area contributed by atoms with E-state index in [9.17, 15) is 5.11 Å². The number of aryl methyl sites for hydroxylation is 2. The van der Waals surface area contributed by atoms with Gasteiger partial charge in [-0.25, -0.2) is 0 Å². The number of rotatable bonds is 3. The van der Waals surface area contributed by atoms with Crippen molar-refractivity contribution in [2.75, 3.05) is 7.11 Å². The second-order valence-electron chi connectivity index (χ2n) is 4.75. The molecule has 0 aliphatic rings. The van der Waals surface area contributed by atoms with Crippen LogP contribution in [0.2, 0.25) is 10.0 Å². The van der Waals surface area contributed by atoms with Crippen molar-refractivity contribution in [3.05, 3.63) is 62.6 Å². The number of halogens is 2. The average Bonchev–Trinajstić information content (AvgIpc) is 2.40. The molecule has 2 nitrogen and oxygen atoms in total. The Balaban J connectivity index is 2.48. The maximum absolute atomic E-state index is 10.6. The van der Waals surface area contributed by atoms with Crippen LogP contribution in [0.25, 0.3) is 0 Å². The first-order chi connectivity index (χ1) is 9.43.